The van der Waals surface area contributed by atoms with E-state index in [1.54, 1.807) is 18.4 Å². The van der Waals surface area contributed by atoms with Crippen LogP contribution in [0.15, 0.2) is 25.8 Å². The van der Waals surface area contributed by atoms with Gasteiger partial charge >= 0.3 is 0 Å². The van der Waals surface area contributed by atoms with Crippen LogP contribution in [-0.2, 0) is 0 Å². The van der Waals surface area contributed by atoms with Gasteiger partial charge in [0.25, 0.3) is 0 Å². The highest BCUT2D eigenvalue weighted by molar-refractivity contribution is 9.12. The van der Waals surface area contributed by atoms with Crippen molar-refractivity contribution in [1.82, 2.24) is 0 Å². The summed E-state index contributed by atoms with van der Waals surface area (Å²) in [6.07, 6.45) is -0.701. The van der Waals surface area contributed by atoms with E-state index in [4.69, 9.17) is 4.74 Å². The topological polar surface area (TPSA) is 29.5 Å². The molecule has 0 aliphatic carbocycles. The smallest absolute Gasteiger partial charge is 0.125 e. The van der Waals surface area contributed by atoms with Crippen molar-refractivity contribution in [2.75, 3.05) is 7.11 Å². The molecule has 1 aromatic heterocycles. The van der Waals surface area contributed by atoms with Crippen LogP contribution in [0.1, 0.15) is 28.4 Å². The van der Waals surface area contributed by atoms with E-state index >= 15 is 0 Å². The van der Waals surface area contributed by atoms with Gasteiger partial charge in [-0.1, -0.05) is 6.07 Å². The fourth-order valence-electron chi connectivity index (χ4n) is 2.15. The molecule has 1 unspecified atom stereocenters. The van der Waals surface area contributed by atoms with E-state index in [0.29, 0.717) is 0 Å². The Kier molecular flexibility index (Phi) is 4.71. The number of aliphatic hydroxyl groups excluding tert-OH is 1. The van der Waals surface area contributed by atoms with E-state index in [0.717, 1.165) is 35.6 Å². The minimum atomic E-state index is -0.701. The normalized spacial score (nSPS) is 12.5. The van der Waals surface area contributed by atoms with Crippen LogP contribution in [0.4, 0.5) is 0 Å². The second-order valence-corrected chi connectivity index (χ2v) is 8.13. The van der Waals surface area contributed by atoms with Crippen LogP contribution in [0.3, 0.4) is 0 Å². The Morgan fingerprint density at radius 2 is 1.89 bits per heavy atom. The third-order valence-corrected chi connectivity index (χ3v) is 5.35. The van der Waals surface area contributed by atoms with Crippen LogP contribution in [0, 0.1) is 13.8 Å². The molecule has 2 nitrogen and oxygen atoms in total. The number of ether oxygens (including phenoxy) is 1. The van der Waals surface area contributed by atoms with E-state index in [9.17, 15) is 5.11 Å². The fourth-order valence-corrected chi connectivity index (χ4v) is 5.04. The Hall–Kier alpha value is -0.360. The van der Waals surface area contributed by atoms with Gasteiger partial charge in [0.1, 0.15) is 11.9 Å². The SMILES string of the molecule is COc1cc(C)cc(C)c1C(O)c1cc(Br)sc1Br. The number of aryl methyl sites for hydroxylation is 2. The Morgan fingerprint density at radius 3 is 2.42 bits per heavy atom. The van der Waals surface area contributed by atoms with E-state index < -0.39 is 6.10 Å². The van der Waals surface area contributed by atoms with Gasteiger partial charge in [-0.25, -0.2) is 0 Å². The molecule has 0 radical (unpaired) electrons. The summed E-state index contributed by atoms with van der Waals surface area (Å²) in [5.74, 6) is 0.722. The first-order valence-corrected chi connectivity index (χ1v) is 8.12. The average molecular weight is 406 g/mol. The van der Waals surface area contributed by atoms with Gasteiger partial charge in [0.15, 0.2) is 0 Å². The number of benzene rings is 1. The number of thiophene rings is 1. The molecular weight excluding hydrogens is 392 g/mol. The highest BCUT2D eigenvalue weighted by Crippen LogP contribution is 2.41. The van der Waals surface area contributed by atoms with E-state index in [-0.39, 0.29) is 0 Å². The molecule has 0 spiro atoms. The molecule has 1 N–H and O–H groups in total. The summed E-state index contributed by atoms with van der Waals surface area (Å²) in [6.45, 7) is 4.01. The number of rotatable bonds is 3. The molecule has 0 bridgehead atoms. The first-order chi connectivity index (χ1) is 8.93. The summed E-state index contributed by atoms with van der Waals surface area (Å²) < 4.78 is 7.32. The molecule has 102 valence electrons. The van der Waals surface area contributed by atoms with Gasteiger partial charge < -0.3 is 9.84 Å². The molecule has 0 aliphatic rings. The lowest BCUT2D eigenvalue weighted by Crippen LogP contribution is -2.05. The van der Waals surface area contributed by atoms with Crippen molar-refractivity contribution < 1.29 is 9.84 Å². The van der Waals surface area contributed by atoms with E-state index in [1.165, 1.54) is 0 Å². The van der Waals surface area contributed by atoms with Gasteiger partial charge in [0, 0.05) is 11.1 Å². The Morgan fingerprint density at radius 1 is 1.21 bits per heavy atom. The van der Waals surface area contributed by atoms with Crippen LogP contribution in [-0.4, -0.2) is 12.2 Å². The van der Waals surface area contributed by atoms with Crippen LogP contribution in [0.2, 0.25) is 0 Å². The molecule has 19 heavy (non-hydrogen) atoms. The van der Waals surface area contributed by atoms with Gasteiger partial charge in [0.2, 0.25) is 0 Å². The molecule has 1 heterocycles. The fraction of sp³-hybridized carbons (Fsp3) is 0.286. The zero-order chi connectivity index (χ0) is 14.2. The molecule has 0 saturated carbocycles. The molecule has 1 aromatic carbocycles. The van der Waals surface area contributed by atoms with Crippen molar-refractivity contribution in [2.45, 2.75) is 20.0 Å². The Balaban J connectivity index is 2.55. The number of aliphatic hydroxyl groups is 1. The van der Waals surface area contributed by atoms with Crippen molar-refractivity contribution in [3.63, 3.8) is 0 Å². The highest BCUT2D eigenvalue weighted by atomic mass is 79.9. The average Bonchev–Trinajstić information content (AvgIpc) is 2.66. The molecular formula is C14H14Br2O2S. The quantitative estimate of drug-likeness (QED) is 0.780. The van der Waals surface area contributed by atoms with Gasteiger partial charge in [-0.2, -0.15) is 0 Å². The first-order valence-electron chi connectivity index (χ1n) is 5.72. The maximum Gasteiger partial charge on any atom is 0.125 e. The summed E-state index contributed by atoms with van der Waals surface area (Å²) in [7, 11) is 1.63. The zero-order valence-corrected chi connectivity index (χ0v) is 14.8. The summed E-state index contributed by atoms with van der Waals surface area (Å²) in [5.41, 5.74) is 3.82. The van der Waals surface area contributed by atoms with Gasteiger partial charge in [-0.05, 0) is 69.0 Å². The Bertz CT molecular complexity index is 608. The minimum Gasteiger partial charge on any atom is -0.496 e. The molecule has 0 saturated heterocycles. The zero-order valence-electron chi connectivity index (χ0n) is 10.8. The second-order valence-electron chi connectivity index (χ2n) is 4.38. The van der Waals surface area contributed by atoms with Crippen molar-refractivity contribution in [1.29, 1.82) is 0 Å². The van der Waals surface area contributed by atoms with Crippen LogP contribution < -0.4 is 4.74 Å². The lowest BCUT2D eigenvalue weighted by atomic mass is 9.96. The predicted molar refractivity (Wildman–Crippen MR) is 86.2 cm³/mol. The third kappa shape index (κ3) is 3.05. The van der Waals surface area contributed by atoms with Crippen molar-refractivity contribution in [3.05, 3.63) is 48.0 Å². The van der Waals surface area contributed by atoms with Gasteiger partial charge in [-0.15, -0.1) is 11.3 Å². The summed E-state index contributed by atoms with van der Waals surface area (Å²) >= 11 is 8.47. The standard InChI is InChI=1S/C14H14Br2O2S/c1-7-4-8(2)12(10(5-7)18-3)13(17)9-6-11(15)19-14(9)16/h4-6,13,17H,1-3H3. The summed E-state index contributed by atoms with van der Waals surface area (Å²) in [4.78, 5) is 0. The van der Waals surface area contributed by atoms with Crippen LogP contribution in [0.25, 0.3) is 0 Å². The van der Waals surface area contributed by atoms with Crippen molar-refractivity contribution in [3.8, 4) is 5.75 Å². The molecule has 0 aliphatic heterocycles. The van der Waals surface area contributed by atoms with Gasteiger partial charge in [-0.3, -0.25) is 0 Å². The number of hydrogen-bond donors (Lipinski definition) is 1. The van der Waals surface area contributed by atoms with E-state index in [1.807, 2.05) is 26.0 Å². The highest BCUT2D eigenvalue weighted by Gasteiger charge is 2.22. The minimum absolute atomic E-state index is 0.701. The molecule has 2 aromatic rings. The van der Waals surface area contributed by atoms with Crippen LogP contribution in [0.5, 0.6) is 5.75 Å². The molecule has 5 heteroatoms. The summed E-state index contributed by atoms with van der Waals surface area (Å²) in [6, 6.07) is 5.93. The lowest BCUT2D eigenvalue weighted by molar-refractivity contribution is 0.213. The summed E-state index contributed by atoms with van der Waals surface area (Å²) in [5, 5.41) is 10.6. The third-order valence-electron chi connectivity index (χ3n) is 2.96. The van der Waals surface area contributed by atoms with E-state index in [2.05, 4.69) is 37.9 Å². The van der Waals surface area contributed by atoms with Gasteiger partial charge in [0.05, 0.1) is 14.7 Å². The van der Waals surface area contributed by atoms with Crippen molar-refractivity contribution in [2.24, 2.45) is 0 Å². The van der Waals surface area contributed by atoms with Crippen molar-refractivity contribution >= 4 is 43.2 Å². The maximum atomic E-state index is 10.6. The Labute approximate surface area is 133 Å². The number of methoxy groups -OCH3 is 1. The maximum absolute atomic E-state index is 10.6. The van der Waals surface area contributed by atoms with Crippen LogP contribution >= 0.6 is 43.2 Å². The monoisotopic (exact) mass is 404 g/mol. The first kappa shape index (κ1) is 15.0. The molecule has 1 atom stereocenters. The second kappa shape index (κ2) is 5.95. The predicted octanol–water partition coefficient (Wildman–Crippen LogP) is 4.98. The molecule has 2 rings (SSSR count). The molecule has 0 amide bonds. The number of halogens is 2. The number of hydrogen-bond acceptors (Lipinski definition) is 3. The lowest BCUT2D eigenvalue weighted by Gasteiger charge is -2.18. The largest absolute Gasteiger partial charge is 0.496 e. The molecule has 0 fully saturated rings.